The summed E-state index contributed by atoms with van der Waals surface area (Å²) in [6.07, 6.45) is 2.61. The third kappa shape index (κ3) is 4.43. The molecule has 0 aliphatic carbocycles. The fraction of sp³-hybridized carbons (Fsp3) is 0.158. The molecule has 2 heterocycles. The minimum atomic E-state index is -3.97. The number of rotatable bonds is 8. The van der Waals surface area contributed by atoms with Gasteiger partial charge in [0.25, 0.3) is 0 Å². The molecule has 0 radical (unpaired) electrons. The highest BCUT2D eigenvalue weighted by molar-refractivity contribution is 7.89. The van der Waals surface area contributed by atoms with Crippen LogP contribution in [0.5, 0.6) is 0 Å². The monoisotopic (exact) mass is 424 g/mol. The number of nitrogens with two attached hydrogens (primary N) is 1. The number of nitrogens with one attached hydrogen (secondary N) is 3. The highest BCUT2D eigenvalue weighted by atomic mass is 32.2. The lowest BCUT2D eigenvalue weighted by molar-refractivity contribution is 0.598. The second-order valence-electron chi connectivity index (χ2n) is 6.66. The van der Waals surface area contributed by atoms with Crippen LogP contribution in [-0.2, 0) is 23.0 Å². The van der Waals surface area contributed by atoms with Gasteiger partial charge in [-0.05, 0) is 34.0 Å². The van der Waals surface area contributed by atoms with Gasteiger partial charge in [-0.3, -0.25) is 5.10 Å². The Labute approximate surface area is 173 Å². The number of primary sulfonamides is 1. The van der Waals surface area contributed by atoms with Crippen molar-refractivity contribution in [2.75, 3.05) is 6.54 Å². The molecule has 0 bridgehead atoms. The average Bonchev–Trinajstić information content (AvgIpc) is 3.45. The van der Waals surface area contributed by atoms with Gasteiger partial charge in [-0.25, -0.2) is 13.6 Å². The summed E-state index contributed by atoms with van der Waals surface area (Å²) < 4.78 is 24.2. The third-order valence-electron chi connectivity index (χ3n) is 4.63. The van der Waals surface area contributed by atoms with Crippen LogP contribution in [0.4, 0.5) is 0 Å². The van der Waals surface area contributed by atoms with Crippen molar-refractivity contribution in [2.45, 2.75) is 17.9 Å². The Kier molecular flexibility index (Phi) is 5.65. The van der Waals surface area contributed by atoms with Crippen molar-refractivity contribution in [3.63, 3.8) is 0 Å². The van der Waals surface area contributed by atoms with Gasteiger partial charge in [-0.15, -0.1) is 10.2 Å². The molecule has 0 aliphatic rings. The topological polar surface area (TPSA) is 155 Å². The lowest BCUT2D eigenvalue weighted by Gasteiger charge is -2.12. The van der Waals surface area contributed by atoms with Gasteiger partial charge < -0.3 is 5.32 Å². The van der Waals surface area contributed by atoms with Gasteiger partial charge >= 0.3 is 0 Å². The Hall–Kier alpha value is -3.41. The van der Waals surface area contributed by atoms with E-state index in [9.17, 15) is 8.42 Å². The van der Waals surface area contributed by atoms with Gasteiger partial charge in [0.05, 0.1) is 10.5 Å². The van der Waals surface area contributed by atoms with Gasteiger partial charge in [0.2, 0.25) is 15.8 Å². The number of sulfonamides is 1. The van der Waals surface area contributed by atoms with Crippen LogP contribution in [0, 0.1) is 0 Å². The predicted octanol–water partition coefficient (Wildman–Crippen LogP) is 1.24. The van der Waals surface area contributed by atoms with E-state index in [-0.39, 0.29) is 10.7 Å². The summed E-state index contributed by atoms with van der Waals surface area (Å²) in [7, 11) is -3.97. The minimum absolute atomic E-state index is 0.0500. The molecule has 2 aromatic heterocycles. The number of tetrazole rings is 1. The summed E-state index contributed by atoms with van der Waals surface area (Å²) in [5.74, 6) is 0.166. The van der Waals surface area contributed by atoms with Gasteiger partial charge in [-0.1, -0.05) is 36.4 Å². The number of aromatic amines is 2. The van der Waals surface area contributed by atoms with E-state index in [4.69, 9.17) is 5.14 Å². The molecule has 30 heavy (non-hydrogen) atoms. The number of hydrogen-bond donors (Lipinski definition) is 4. The van der Waals surface area contributed by atoms with Crippen molar-refractivity contribution < 1.29 is 8.42 Å². The molecule has 0 unspecified atom stereocenters. The first-order chi connectivity index (χ1) is 14.5. The molecule has 10 nitrogen and oxygen atoms in total. The first kappa shape index (κ1) is 19.9. The molecule has 0 atom stereocenters. The Morgan fingerprint density at radius 3 is 2.57 bits per heavy atom. The summed E-state index contributed by atoms with van der Waals surface area (Å²) in [4.78, 5) is -0.0500. The number of aromatic nitrogens is 6. The van der Waals surface area contributed by atoms with Crippen molar-refractivity contribution in [1.29, 1.82) is 0 Å². The lowest BCUT2D eigenvalue weighted by Crippen LogP contribution is -2.16. The zero-order valence-corrected chi connectivity index (χ0v) is 16.7. The van der Waals surface area contributed by atoms with Crippen LogP contribution in [0.3, 0.4) is 0 Å². The van der Waals surface area contributed by atoms with E-state index in [1.54, 1.807) is 18.3 Å². The highest BCUT2D eigenvalue weighted by Crippen LogP contribution is 2.34. The smallest absolute Gasteiger partial charge is 0.238 e. The maximum absolute atomic E-state index is 12.1. The highest BCUT2D eigenvalue weighted by Gasteiger charge is 2.22. The molecule has 154 valence electrons. The van der Waals surface area contributed by atoms with Crippen molar-refractivity contribution in [3.05, 3.63) is 66.0 Å². The molecule has 0 spiro atoms. The largest absolute Gasteiger partial charge is 0.312 e. The lowest BCUT2D eigenvalue weighted by atomic mass is 9.98. The molecular weight excluding hydrogens is 404 g/mol. The van der Waals surface area contributed by atoms with Crippen LogP contribution in [0.25, 0.3) is 22.5 Å². The normalized spacial score (nSPS) is 11.6. The van der Waals surface area contributed by atoms with Crippen LogP contribution < -0.4 is 10.5 Å². The maximum atomic E-state index is 12.1. The van der Waals surface area contributed by atoms with Gasteiger partial charge in [-0.2, -0.15) is 10.3 Å². The van der Waals surface area contributed by atoms with Crippen molar-refractivity contribution in [3.8, 4) is 22.5 Å². The molecule has 11 heteroatoms. The number of H-pyrrole nitrogens is 2. The summed E-state index contributed by atoms with van der Waals surface area (Å²) in [5, 5.41) is 29.5. The van der Waals surface area contributed by atoms with E-state index in [0.717, 1.165) is 29.8 Å². The Bertz CT molecular complexity index is 1200. The SMILES string of the molecule is NS(=O)(=O)c1cccc(-c2ccc(CNCCc3ccn[nH]3)cc2)c1-c1nn[nH]n1. The van der Waals surface area contributed by atoms with E-state index < -0.39 is 10.0 Å². The van der Waals surface area contributed by atoms with E-state index in [2.05, 4.69) is 36.1 Å². The standard InChI is InChI=1S/C19H20N8O2S/c20-30(28,29)17-3-1-2-16(18(17)19-24-26-27-25-19)14-6-4-13(5-7-14)12-21-10-8-15-9-11-22-23-15/h1-7,9,11,21H,8,10,12H2,(H,22,23)(H2,20,28,29)(H,24,25,26,27). The molecule has 4 aromatic rings. The number of hydrogen-bond acceptors (Lipinski definition) is 7. The van der Waals surface area contributed by atoms with Crippen LogP contribution >= 0.6 is 0 Å². The summed E-state index contributed by atoms with van der Waals surface area (Å²) in [6, 6.07) is 14.7. The quantitative estimate of drug-likeness (QED) is 0.310. The zero-order chi connectivity index (χ0) is 21.0. The Morgan fingerprint density at radius 2 is 1.90 bits per heavy atom. The van der Waals surface area contributed by atoms with Crippen LogP contribution in [0.2, 0.25) is 0 Å². The predicted molar refractivity (Wildman–Crippen MR) is 110 cm³/mol. The van der Waals surface area contributed by atoms with Crippen LogP contribution in [0.15, 0.2) is 59.6 Å². The summed E-state index contributed by atoms with van der Waals surface area (Å²) >= 11 is 0. The van der Waals surface area contributed by atoms with Crippen LogP contribution in [-0.4, -0.2) is 45.8 Å². The Morgan fingerprint density at radius 1 is 1.07 bits per heavy atom. The molecule has 0 fully saturated rings. The molecule has 5 N–H and O–H groups in total. The fourth-order valence-corrected chi connectivity index (χ4v) is 3.94. The van der Waals surface area contributed by atoms with E-state index in [0.29, 0.717) is 17.7 Å². The summed E-state index contributed by atoms with van der Waals surface area (Å²) in [5.41, 5.74) is 3.98. The Balaban J connectivity index is 1.55. The van der Waals surface area contributed by atoms with Crippen molar-refractivity contribution in [1.82, 2.24) is 36.1 Å². The minimum Gasteiger partial charge on any atom is -0.312 e. The number of benzene rings is 2. The zero-order valence-electron chi connectivity index (χ0n) is 15.9. The first-order valence-corrected chi connectivity index (χ1v) is 10.7. The van der Waals surface area contributed by atoms with Crippen molar-refractivity contribution >= 4 is 10.0 Å². The van der Waals surface area contributed by atoms with Crippen LogP contribution in [0.1, 0.15) is 11.3 Å². The molecular formula is C19H20N8O2S. The molecule has 4 rings (SSSR count). The van der Waals surface area contributed by atoms with Gasteiger partial charge in [0.15, 0.2) is 0 Å². The second kappa shape index (κ2) is 8.53. The molecule has 0 saturated carbocycles. The average molecular weight is 424 g/mol. The molecule has 2 aromatic carbocycles. The maximum Gasteiger partial charge on any atom is 0.238 e. The van der Waals surface area contributed by atoms with E-state index in [1.165, 1.54) is 6.07 Å². The molecule has 0 aliphatic heterocycles. The van der Waals surface area contributed by atoms with Crippen molar-refractivity contribution in [2.24, 2.45) is 5.14 Å². The first-order valence-electron chi connectivity index (χ1n) is 9.20. The summed E-state index contributed by atoms with van der Waals surface area (Å²) in [6.45, 7) is 1.53. The molecule has 0 amide bonds. The fourth-order valence-electron chi connectivity index (χ4n) is 3.19. The second-order valence-corrected chi connectivity index (χ2v) is 8.19. The van der Waals surface area contributed by atoms with E-state index >= 15 is 0 Å². The molecule has 0 saturated heterocycles. The third-order valence-corrected chi connectivity index (χ3v) is 5.58. The van der Waals surface area contributed by atoms with Gasteiger partial charge in [0.1, 0.15) is 0 Å². The van der Waals surface area contributed by atoms with Gasteiger partial charge in [0, 0.05) is 31.4 Å². The van der Waals surface area contributed by atoms with E-state index in [1.807, 2.05) is 30.3 Å². The number of nitrogens with zero attached hydrogens (tertiary/aromatic N) is 4.